The average Bonchev–Trinajstić information content (AvgIpc) is 3.26. The van der Waals surface area contributed by atoms with E-state index in [0.29, 0.717) is 5.01 Å². The van der Waals surface area contributed by atoms with E-state index < -0.39 is 5.60 Å². The first kappa shape index (κ1) is 18.7. The number of para-hydroxylation sites is 1. The van der Waals surface area contributed by atoms with E-state index in [9.17, 15) is 5.11 Å². The van der Waals surface area contributed by atoms with Crippen molar-refractivity contribution < 1.29 is 5.11 Å². The van der Waals surface area contributed by atoms with Crippen molar-refractivity contribution in [1.82, 2.24) is 4.98 Å². The number of fused-ring (bicyclic) bond motifs is 1. The lowest BCUT2D eigenvalue weighted by molar-refractivity contribution is 0.0624. The van der Waals surface area contributed by atoms with E-state index in [4.69, 9.17) is 4.98 Å². The molecule has 0 radical (unpaired) electrons. The zero-order chi connectivity index (χ0) is 20.4. The van der Waals surface area contributed by atoms with Crippen molar-refractivity contribution in [2.24, 2.45) is 0 Å². The lowest BCUT2D eigenvalue weighted by atomic mass is 9.74. The highest BCUT2D eigenvalue weighted by Gasteiger charge is 2.44. The fourth-order valence-electron chi connectivity index (χ4n) is 4.11. The van der Waals surface area contributed by atoms with E-state index >= 15 is 0 Å². The van der Waals surface area contributed by atoms with Gasteiger partial charge in [-0.3, -0.25) is 0 Å². The van der Waals surface area contributed by atoms with Crippen LogP contribution in [-0.2, 0) is 5.60 Å². The Hall–Kier alpha value is -3.27. The van der Waals surface area contributed by atoms with E-state index in [0.717, 1.165) is 26.9 Å². The Balaban J connectivity index is 1.82. The maximum absolute atomic E-state index is 12.6. The fraction of sp³-hybridized carbons (Fsp3) is 0.0741. The van der Waals surface area contributed by atoms with Crippen molar-refractivity contribution in [3.8, 4) is 0 Å². The Morgan fingerprint density at radius 3 is 1.70 bits per heavy atom. The molecule has 0 amide bonds. The predicted molar refractivity (Wildman–Crippen MR) is 124 cm³/mol. The van der Waals surface area contributed by atoms with Crippen LogP contribution < -0.4 is 0 Å². The number of benzene rings is 4. The summed E-state index contributed by atoms with van der Waals surface area (Å²) in [6.07, 6.45) is 0. The van der Waals surface area contributed by atoms with Gasteiger partial charge < -0.3 is 5.11 Å². The second-order valence-electron chi connectivity index (χ2n) is 7.37. The summed E-state index contributed by atoms with van der Waals surface area (Å²) in [4.78, 5) is 4.90. The van der Waals surface area contributed by atoms with E-state index in [1.54, 1.807) is 11.3 Å². The molecule has 0 aliphatic rings. The number of hydrogen-bond acceptors (Lipinski definition) is 3. The molecule has 0 saturated carbocycles. The minimum Gasteiger partial charge on any atom is -0.377 e. The third-order valence-electron chi connectivity index (χ3n) is 5.52. The summed E-state index contributed by atoms with van der Waals surface area (Å²) < 4.78 is 1.07. The maximum atomic E-state index is 12.6. The van der Waals surface area contributed by atoms with E-state index in [2.05, 4.69) is 30.3 Å². The van der Waals surface area contributed by atoms with Crippen molar-refractivity contribution in [2.45, 2.75) is 11.5 Å². The topological polar surface area (TPSA) is 33.1 Å². The molecule has 5 aromatic rings. The summed E-state index contributed by atoms with van der Waals surface area (Å²) in [6.45, 7) is 0. The number of hydrogen-bond donors (Lipinski definition) is 1. The summed E-state index contributed by atoms with van der Waals surface area (Å²) in [6, 6.07) is 38.4. The molecule has 2 nitrogen and oxygen atoms in total. The molecule has 4 aromatic carbocycles. The van der Waals surface area contributed by atoms with Gasteiger partial charge in [0.1, 0.15) is 5.01 Å². The van der Waals surface area contributed by atoms with Gasteiger partial charge in [0.2, 0.25) is 0 Å². The molecule has 0 bridgehead atoms. The van der Waals surface area contributed by atoms with Crippen LogP contribution in [0.25, 0.3) is 10.2 Å². The largest absolute Gasteiger partial charge is 0.377 e. The Morgan fingerprint density at radius 2 is 1.13 bits per heavy atom. The maximum Gasteiger partial charge on any atom is 0.152 e. The first-order valence-corrected chi connectivity index (χ1v) is 10.8. The summed E-state index contributed by atoms with van der Waals surface area (Å²) >= 11 is 1.56. The lowest BCUT2D eigenvalue weighted by Crippen LogP contribution is -2.35. The molecule has 0 saturated heterocycles. The van der Waals surface area contributed by atoms with Crippen LogP contribution in [0, 0.1) is 0 Å². The minimum absolute atomic E-state index is 0.303. The second kappa shape index (κ2) is 7.86. The van der Waals surface area contributed by atoms with Gasteiger partial charge in [-0.25, -0.2) is 4.98 Å². The van der Waals surface area contributed by atoms with E-state index in [-0.39, 0.29) is 5.92 Å². The molecule has 0 aliphatic carbocycles. The monoisotopic (exact) mass is 407 g/mol. The molecule has 1 heterocycles. The van der Waals surface area contributed by atoms with Crippen molar-refractivity contribution in [1.29, 1.82) is 0 Å². The summed E-state index contributed by atoms with van der Waals surface area (Å²) in [5.41, 5.74) is 2.53. The van der Waals surface area contributed by atoms with Gasteiger partial charge in [0.25, 0.3) is 0 Å². The average molecular weight is 408 g/mol. The van der Waals surface area contributed by atoms with Crippen molar-refractivity contribution in [3.05, 3.63) is 137 Å². The van der Waals surface area contributed by atoms with Crippen molar-refractivity contribution >= 4 is 21.6 Å². The molecular weight excluding hydrogens is 386 g/mol. The molecule has 1 atom stereocenters. The summed E-state index contributed by atoms with van der Waals surface area (Å²) in [5, 5.41) is 13.3. The molecule has 30 heavy (non-hydrogen) atoms. The Labute approximate surface area is 180 Å². The molecule has 1 N–H and O–H groups in total. The number of thiazole rings is 1. The van der Waals surface area contributed by atoms with Crippen LogP contribution in [0.2, 0.25) is 0 Å². The minimum atomic E-state index is -1.31. The number of aliphatic hydroxyl groups is 1. The van der Waals surface area contributed by atoms with Gasteiger partial charge in [-0.05, 0) is 28.8 Å². The molecule has 0 spiro atoms. The number of aromatic nitrogens is 1. The molecule has 3 heteroatoms. The zero-order valence-corrected chi connectivity index (χ0v) is 17.2. The molecule has 0 fully saturated rings. The Bertz CT molecular complexity index is 1180. The third-order valence-corrected chi connectivity index (χ3v) is 6.68. The third kappa shape index (κ3) is 3.22. The van der Waals surface area contributed by atoms with E-state index in [1.807, 2.05) is 84.9 Å². The second-order valence-corrected chi connectivity index (χ2v) is 8.40. The molecular formula is C27H21NOS. The van der Waals surface area contributed by atoms with Gasteiger partial charge in [-0.2, -0.15) is 0 Å². The SMILES string of the molecule is OC(c1ccccc1)(c1nc2ccccc2s1)C(c1ccccc1)c1ccccc1. The summed E-state index contributed by atoms with van der Waals surface area (Å²) in [7, 11) is 0. The van der Waals surface area contributed by atoms with Crippen molar-refractivity contribution in [2.75, 3.05) is 0 Å². The Kier molecular flexibility index (Phi) is 4.91. The summed E-state index contributed by atoms with van der Waals surface area (Å²) in [5.74, 6) is -0.303. The van der Waals surface area contributed by atoms with Crippen molar-refractivity contribution in [3.63, 3.8) is 0 Å². The molecule has 5 rings (SSSR count). The van der Waals surface area contributed by atoms with Crippen LogP contribution in [0.15, 0.2) is 115 Å². The quantitative estimate of drug-likeness (QED) is 0.367. The molecule has 1 aromatic heterocycles. The van der Waals surface area contributed by atoms with Crippen LogP contribution in [0.5, 0.6) is 0 Å². The number of rotatable bonds is 5. The molecule has 146 valence electrons. The van der Waals surface area contributed by atoms with E-state index in [1.165, 1.54) is 0 Å². The van der Waals surface area contributed by atoms with Crippen LogP contribution in [0.3, 0.4) is 0 Å². The van der Waals surface area contributed by atoms with Crippen LogP contribution >= 0.6 is 11.3 Å². The molecule has 1 unspecified atom stereocenters. The van der Waals surface area contributed by atoms with Gasteiger partial charge in [-0.15, -0.1) is 11.3 Å². The highest BCUT2D eigenvalue weighted by Crippen LogP contribution is 2.48. The Morgan fingerprint density at radius 1 is 0.633 bits per heavy atom. The van der Waals surface area contributed by atoms with Crippen LogP contribution in [0.1, 0.15) is 27.6 Å². The first-order valence-electron chi connectivity index (χ1n) is 10.0. The first-order chi connectivity index (χ1) is 14.8. The fourth-order valence-corrected chi connectivity index (χ4v) is 5.22. The van der Waals surface area contributed by atoms with Gasteiger partial charge in [0.05, 0.1) is 10.2 Å². The predicted octanol–water partition coefficient (Wildman–Crippen LogP) is 6.36. The molecule has 0 aliphatic heterocycles. The highest BCUT2D eigenvalue weighted by molar-refractivity contribution is 7.18. The van der Waals surface area contributed by atoms with Crippen LogP contribution in [0.4, 0.5) is 0 Å². The van der Waals surface area contributed by atoms with Gasteiger partial charge >= 0.3 is 0 Å². The smallest absolute Gasteiger partial charge is 0.152 e. The van der Waals surface area contributed by atoms with Crippen LogP contribution in [-0.4, -0.2) is 10.1 Å². The zero-order valence-electron chi connectivity index (χ0n) is 16.3. The number of nitrogens with zero attached hydrogens (tertiary/aromatic N) is 1. The standard InChI is InChI=1S/C27H21NOS/c29-27(22-16-8-3-9-17-22,26-28-23-18-10-11-19-24(23)30-26)25(20-12-4-1-5-13-20)21-14-6-2-7-15-21/h1-19,25,29H. The van der Waals surface area contributed by atoms with Gasteiger partial charge in [-0.1, -0.05) is 103 Å². The lowest BCUT2D eigenvalue weighted by Gasteiger charge is -2.36. The highest BCUT2D eigenvalue weighted by atomic mass is 32.1. The van der Waals surface area contributed by atoms with Gasteiger partial charge in [0.15, 0.2) is 5.60 Å². The van der Waals surface area contributed by atoms with Gasteiger partial charge in [0, 0.05) is 5.92 Å². The normalized spacial score (nSPS) is 13.4.